The van der Waals surface area contributed by atoms with Crippen LogP contribution in [0.2, 0.25) is 0 Å². The number of carbonyl (C=O) groups excluding carboxylic acids is 1. The van der Waals surface area contributed by atoms with Crippen molar-refractivity contribution < 1.29 is 9.72 Å². The smallest absolute Gasteiger partial charge is 0.284 e. The molecule has 0 bridgehead atoms. The van der Waals surface area contributed by atoms with E-state index in [4.69, 9.17) is 0 Å². The number of carbonyl (C=O) groups is 1. The highest BCUT2D eigenvalue weighted by molar-refractivity contribution is 9.10. The Labute approximate surface area is 126 Å². The molecule has 2 rings (SSSR count). The van der Waals surface area contributed by atoms with Crippen molar-refractivity contribution in [3.05, 3.63) is 38.3 Å². The van der Waals surface area contributed by atoms with Crippen LogP contribution in [0.1, 0.15) is 30.6 Å². The zero-order chi connectivity index (χ0) is 14.9. The molecule has 0 saturated carbocycles. The monoisotopic (exact) mass is 340 g/mol. The van der Waals surface area contributed by atoms with Crippen molar-refractivity contribution in [3.63, 3.8) is 0 Å². The Morgan fingerprint density at radius 3 is 2.75 bits per heavy atom. The van der Waals surface area contributed by atoms with Gasteiger partial charge in [0.2, 0.25) is 0 Å². The molecule has 1 aliphatic heterocycles. The number of nitro benzene ring substituents is 1. The summed E-state index contributed by atoms with van der Waals surface area (Å²) in [6, 6.07) is 4.53. The van der Waals surface area contributed by atoms with E-state index in [1.54, 1.807) is 17.0 Å². The molecule has 1 fully saturated rings. The van der Waals surface area contributed by atoms with Gasteiger partial charge >= 0.3 is 0 Å². The van der Waals surface area contributed by atoms with Gasteiger partial charge in [0.05, 0.1) is 9.40 Å². The fraction of sp³-hybridized carbons (Fsp3) is 0.500. The molecule has 0 aromatic heterocycles. The summed E-state index contributed by atoms with van der Waals surface area (Å²) in [6.07, 6.45) is 1.00. The van der Waals surface area contributed by atoms with Crippen molar-refractivity contribution in [2.24, 2.45) is 11.8 Å². The van der Waals surface area contributed by atoms with Gasteiger partial charge in [-0.15, -0.1) is 0 Å². The molecule has 6 heteroatoms. The van der Waals surface area contributed by atoms with Gasteiger partial charge in [0.25, 0.3) is 11.6 Å². The Bertz CT molecular complexity index is 545. The highest BCUT2D eigenvalue weighted by atomic mass is 79.9. The van der Waals surface area contributed by atoms with Gasteiger partial charge in [-0.3, -0.25) is 14.9 Å². The van der Waals surface area contributed by atoms with E-state index in [-0.39, 0.29) is 11.6 Å². The minimum Gasteiger partial charge on any atom is -0.338 e. The molecule has 1 aromatic carbocycles. The second-order valence-electron chi connectivity index (χ2n) is 5.47. The Hall–Kier alpha value is -1.43. The fourth-order valence-corrected chi connectivity index (χ4v) is 2.88. The van der Waals surface area contributed by atoms with Crippen LogP contribution < -0.4 is 0 Å². The first-order valence-electron chi connectivity index (χ1n) is 6.63. The highest BCUT2D eigenvalue weighted by Gasteiger charge is 2.29. The molecule has 0 N–H and O–H groups in total. The van der Waals surface area contributed by atoms with Crippen LogP contribution in [0.3, 0.4) is 0 Å². The molecule has 1 saturated heterocycles. The third-order valence-corrected chi connectivity index (χ3v) is 4.52. The van der Waals surface area contributed by atoms with E-state index < -0.39 is 4.92 Å². The molecule has 108 valence electrons. The molecule has 1 unspecified atom stereocenters. The van der Waals surface area contributed by atoms with Crippen molar-refractivity contribution >= 4 is 27.5 Å². The molecule has 1 amide bonds. The molecule has 1 aromatic rings. The number of benzene rings is 1. The summed E-state index contributed by atoms with van der Waals surface area (Å²) in [5.74, 6) is 0.945. The van der Waals surface area contributed by atoms with Crippen molar-refractivity contribution in [1.82, 2.24) is 4.90 Å². The van der Waals surface area contributed by atoms with Crippen LogP contribution in [0.5, 0.6) is 0 Å². The first kappa shape index (κ1) is 15.0. The van der Waals surface area contributed by atoms with Gasteiger partial charge in [-0.25, -0.2) is 0 Å². The second kappa shape index (κ2) is 5.91. The summed E-state index contributed by atoms with van der Waals surface area (Å²) in [5.41, 5.74) is 0.305. The normalized spacial score (nSPS) is 18.6. The van der Waals surface area contributed by atoms with Crippen LogP contribution in [0.4, 0.5) is 5.69 Å². The van der Waals surface area contributed by atoms with E-state index in [0.29, 0.717) is 21.9 Å². The molecule has 20 heavy (non-hydrogen) atoms. The molecule has 5 nitrogen and oxygen atoms in total. The van der Waals surface area contributed by atoms with Crippen molar-refractivity contribution in [3.8, 4) is 0 Å². The minimum absolute atomic E-state index is 0.0737. The largest absolute Gasteiger partial charge is 0.338 e. The minimum atomic E-state index is -0.484. The van der Waals surface area contributed by atoms with Crippen LogP contribution in [-0.4, -0.2) is 28.8 Å². The Kier molecular flexibility index (Phi) is 4.42. The summed E-state index contributed by atoms with van der Waals surface area (Å²) in [5, 5.41) is 10.9. The van der Waals surface area contributed by atoms with Crippen LogP contribution in [0, 0.1) is 22.0 Å². The summed E-state index contributed by atoms with van der Waals surface area (Å²) in [7, 11) is 0. The van der Waals surface area contributed by atoms with E-state index in [1.807, 2.05) is 0 Å². The average molecular weight is 341 g/mol. The number of hydrogen-bond acceptors (Lipinski definition) is 3. The molecule has 0 spiro atoms. The number of likely N-dealkylation sites (tertiary alicyclic amines) is 1. The van der Waals surface area contributed by atoms with Gasteiger partial charge < -0.3 is 4.90 Å². The zero-order valence-corrected chi connectivity index (χ0v) is 13.1. The first-order valence-corrected chi connectivity index (χ1v) is 7.42. The molecule has 0 radical (unpaired) electrons. The van der Waals surface area contributed by atoms with Gasteiger partial charge in [0.1, 0.15) is 0 Å². The average Bonchev–Trinajstić information content (AvgIpc) is 2.87. The van der Waals surface area contributed by atoms with Gasteiger partial charge in [0, 0.05) is 24.7 Å². The second-order valence-corrected chi connectivity index (χ2v) is 6.32. The van der Waals surface area contributed by atoms with E-state index in [1.165, 1.54) is 6.07 Å². The van der Waals surface area contributed by atoms with Crippen molar-refractivity contribution in [2.45, 2.75) is 20.3 Å². The van der Waals surface area contributed by atoms with Gasteiger partial charge in [-0.1, -0.05) is 13.8 Å². The number of halogens is 1. The first-order chi connectivity index (χ1) is 9.40. The molecular weight excluding hydrogens is 324 g/mol. The lowest BCUT2D eigenvalue weighted by Gasteiger charge is -2.18. The predicted octanol–water partition coefficient (Wildman–Crippen LogP) is 3.48. The fourth-order valence-electron chi connectivity index (χ4n) is 2.48. The maximum Gasteiger partial charge on any atom is 0.284 e. The lowest BCUT2D eigenvalue weighted by Crippen LogP contribution is -2.29. The lowest BCUT2D eigenvalue weighted by molar-refractivity contribution is -0.385. The van der Waals surface area contributed by atoms with Crippen LogP contribution in [0.15, 0.2) is 22.7 Å². The Morgan fingerprint density at radius 2 is 2.20 bits per heavy atom. The van der Waals surface area contributed by atoms with Gasteiger partial charge in [-0.2, -0.15) is 0 Å². The number of rotatable bonds is 3. The lowest BCUT2D eigenvalue weighted by atomic mass is 9.95. The molecule has 1 atom stereocenters. The standard InChI is InChI=1S/C14H17BrN2O3/c1-9(2)11-5-6-16(8-11)14(18)10-3-4-12(15)13(7-10)17(19)20/h3-4,7,9,11H,5-6,8H2,1-2H3. The topological polar surface area (TPSA) is 63.5 Å². The van der Waals surface area contributed by atoms with Gasteiger partial charge in [-0.05, 0) is 46.3 Å². The molecular formula is C14H17BrN2O3. The number of nitrogens with zero attached hydrogens (tertiary/aromatic N) is 2. The molecule has 1 heterocycles. The number of amides is 1. The number of hydrogen-bond donors (Lipinski definition) is 0. The summed E-state index contributed by atoms with van der Waals surface area (Å²) >= 11 is 3.13. The Balaban J connectivity index is 2.18. The maximum atomic E-state index is 12.4. The highest BCUT2D eigenvalue weighted by Crippen LogP contribution is 2.28. The van der Waals surface area contributed by atoms with Gasteiger partial charge in [0.15, 0.2) is 0 Å². The SMILES string of the molecule is CC(C)C1CCN(C(=O)c2ccc(Br)c([N+](=O)[O-])c2)C1. The van der Waals surface area contributed by atoms with E-state index in [2.05, 4.69) is 29.8 Å². The van der Waals surface area contributed by atoms with E-state index >= 15 is 0 Å². The summed E-state index contributed by atoms with van der Waals surface area (Å²) in [4.78, 5) is 24.6. The van der Waals surface area contributed by atoms with Crippen molar-refractivity contribution in [2.75, 3.05) is 13.1 Å². The van der Waals surface area contributed by atoms with E-state index in [0.717, 1.165) is 19.5 Å². The zero-order valence-electron chi connectivity index (χ0n) is 11.5. The Morgan fingerprint density at radius 1 is 1.50 bits per heavy atom. The van der Waals surface area contributed by atoms with Crippen LogP contribution >= 0.6 is 15.9 Å². The molecule has 0 aliphatic carbocycles. The predicted molar refractivity (Wildman–Crippen MR) is 79.6 cm³/mol. The third kappa shape index (κ3) is 3.00. The van der Waals surface area contributed by atoms with Crippen LogP contribution in [-0.2, 0) is 0 Å². The molecule has 1 aliphatic rings. The van der Waals surface area contributed by atoms with E-state index in [9.17, 15) is 14.9 Å². The summed E-state index contributed by atoms with van der Waals surface area (Å²) in [6.45, 7) is 5.78. The quantitative estimate of drug-likeness (QED) is 0.625. The number of nitro groups is 1. The maximum absolute atomic E-state index is 12.4. The third-order valence-electron chi connectivity index (χ3n) is 3.84. The van der Waals surface area contributed by atoms with Crippen molar-refractivity contribution in [1.29, 1.82) is 0 Å². The van der Waals surface area contributed by atoms with Crippen LogP contribution in [0.25, 0.3) is 0 Å². The summed E-state index contributed by atoms with van der Waals surface area (Å²) < 4.78 is 0.389.